The van der Waals surface area contributed by atoms with E-state index < -0.39 is 17.7 Å². The number of nitrogens with zero attached hydrogens (tertiary/aromatic N) is 1. The molecule has 2 N–H and O–H groups in total. The predicted molar refractivity (Wildman–Crippen MR) is 68.8 cm³/mol. The topological polar surface area (TPSA) is 88.5 Å². The van der Waals surface area contributed by atoms with E-state index in [4.69, 9.17) is 9.84 Å². The van der Waals surface area contributed by atoms with Crippen molar-refractivity contribution in [1.29, 1.82) is 0 Å². The van der Waals surface area contributed by atoms with Crippen molar-refractivity contribution in [3.63, 3.8) is 0 Å². The summed E-state index contributed by atoms with van der Waals surface area (Å²) in [5.74, 6) is -1.24. The van der Waals surface area contributed by atoms with Gasteiger partial charge in [0.25, 0.3) is 0 Å². The zero-order valence-corrected chi connectivity index (χ0v) is 11.7. The summed E-state index contributed by atoms with van der Waals surface area (Å²) >= 11 is 3.10. The molecule has 0 aliphatic carbocycles. The van der Waals surface area contributed by atoms with Gasteiger partial charge in [-0.15, -0.1) is 0 Å². The molecule has 0 aliphatic rings. The van der Waals surface area contributed by atoms with Crippen LogP contribution in [-0.4, -0.2) is 27.8 Å². The first-order valence-corrected chi connectivity index (χ1v) is 5.88. The molecular weight excluding hydrogens is 304 g/mol. The highest BCUT2D eigenvalue weighted by Crippen LogP contribution is 2.18. The van der Waals surface area contributed by atoms with Crippen LogP contribution in [0.1, 0.15) is 31.1 Å². The third-order valence-electron chi connectivity index (χ3n) is 1.71. The van der Waals surface area contributed by atoms with Gasteiger partial charge < -0.3 is 9.84 Å². The maximum Gasteiger partial charge on any atom is 0.413 e. The van der Waals surface area contributed by atoms with Crippen molar-refractivity contribution in [3.8, 4) is 0 Å². The van der Waals surface area contributed by atoms with Gasteiger partial charge in [-0.3, -0.25) is 5.32 Å². The summed E-state index contributed by atoms with van der Waals surface area (Å²) in [7, 11) is 0. The third kappa shape index (κ3) is 4.33. The van der Waals surface area contributed by atoms with Crippen molar-refractivity contribution in [2.75, 3.05) is 5.32 Å². The highest BCUT2D eigenvalue weighted by Gasteiger charge is 2.19. The zero-order valence-electron chi connectivity index (χ0n) is 10.2. The van der Waals surface area contributed by atoms with Gasteiger partial charge in [-0.25, -0.2) is 14.6 Å². The van der Waals surface area contributed by atoms with Crippen molar-refractivity contribution in [2.45, 2.75) is 26.4 Å². The van der Waals surface area contributed by atoms with E-state index in [1.807, 2.05) is 0 Å². The number of hydrogen-bond acceptors (Lipinski definition) is 4. The van der Waals surface area contributed by atoms with Crippen LogP contribution in [0.2, 0.25) is 0 Å². The SMILES string of the molecule is CC(C)(C)OC(=O)Nc1nc(Br)ccc1C(=O)O. The van der Waals surface area contributed by atoms with Gasteiger partial charge in [0.1, 0.15) is 15.8 Å². The smallest absolute Gasteiger partial charge is 0.413 e. The Morgan fingerprint density at radius 3 is 2.50 bits per heavy atom. The molecular formula is C11H13BrN2O4. The molecule has 0 radical (unpaired) electrons. The molecule has 0 spiro atoms. The number of carboxylic acid groups (broad SMARTS) is 1. The number of aromatic nitrogens is 1. The van der Waals surface area contributed by atoms with Crippen LogP contribution in [0.5, 0.6) is 0 Å². The summed E-state index contributed by atoms with van der Waals surface area (Å²) in [6.45, 7) is 5.12. The number of carboxylic acids is 1. The van der Waals surface area contributed by atoms with E-state index in [9.17, 15) is 9.59 Å². The van der Waals surface area contributed by atoms with Crippen LogP contribution in [0.3, 0.4) is 0 Å². The first kappa shape index (κ1) is 14.4. The quantitative estimate of drug-likeness (QED) is 0.819. The van der Waals surface area contributed by atoms with Crippen molar-refractivity contribution >= 4 is 33.8 Å². The molecule has 1 heterocycles. The Balaban J connectivity index is 2.93. The van der Waals surface area contributed by atoms with Crippen LogP contribution in [0.25, 0.3) is 0 Å². The molecule has 0 unspecified atom stereocenters. The van der Waals surface area contributed by atoms with Gasteiger partial charge >= 0.3 is 12.1 Å². The molecule has 0 aromatic carbocycles. The number of carbonyl (C=O) groups excluding carboxylic acids is 1. The molecule has 98 valence electrons. The maximum absolute atomic E-state index is 11.5. The lowest BCUT2D eigenvalue weighted by molar-refractivity contribution is 0.0635. The predicted octanol–water partition coefficient (Wildman–Crippen LogP) is 2.89. The van der Waals surface area contributed by atoms with Crippen molar-refractivity contribution in [1.82, 2.24) is 4.98 Å². The van der Waals surface area contributed by atoms with Gasteiger partial charge in [-0.2, -0.15) is 0 Å². The number of aromatic carboxylic acids is 1. The average molecular weight is 317 g/mol. The normalized spacial score (nSPS) is 10.9. The van der Waals surface area contributed by atoms with Gasteiger partial charge in [0.15, 0.2) is 5.82 Å². The highest BCUT2D eigenvalue weighted by atomic mass is 79.9. The number of carbonyl (C=O) groups is 2. The van der Waals surface area contributed by atoms with E-state index in [2.05, 4.69) is 26.2 Å². The summed E-state index contributed by atoms with van der Waals surface area (Å²) < 4.78 is 5.43. The maximum atomic E-state index is 11.5. The standard InChI is InChI=1S/C11H13BrN2O4/c1-11(2,3)18-10(17)14-8-6(9(15)16)4-5-7(12)13-8/h4-5H,1-3H3,(H,15,16)(H,13,14,17). The molecule has 7 heteroatoms. The van der Waals surface area contributed by atoms with E-state index in [0.29, 0.717) is 4.60 Å². The highest BCUT2D eigenvalue weighted by molar-refractivity contribution is 9.10. The van der Waals surface area contributed by atoms with Crippen molar-refractivity contribution in [2.24, 2.45) is 0 Å². The number of hydrogen-bond donors (Lipinski definition) is 2. The Morgan fingerprint density at radius 2 is 2.00 bits per heavy atom. The molecule has 18 heavy (non-hydrogen) atoms. The molecule has 0 atom stereocenters. The Bertz CT molecular complexity index is 482. The number of pyridine rings is 1. The minimum Gasteiger partial charge on any atom is -0.478 e. The fourth-order valence-electron chi connectivity index (χ4n) is 1.10. The van der Waals surface area contributed by atoms with Gasteiger partial charge in [0.05, 0.1) is 0 Å². The van der Waals surface area contributed by atoms with Gasteiger partial charge in [-0.1, -0.05) is 0 Å². The lowest BCUT2D eigenvalue weighted by atomic mass is 10.2. The number of ether oxygens (including phenoxy) is 1. The Kier molecular flexibility index (Phi) is 4.28. The minimum atomic E-state index is -1.18. The summed E-state index contributed by atoms with van der Waals surface area (Å²) in [5, 5.41) is 11.3. The summed E-state index contributed by atoms with van der Waals surface area (Å²) in [5.41, 5.74) is -0.775. The van der Waals surface area contributed by atoms with Crippen LogP contribution < -0.4 is 5.32 Å². The van der Waals surface area contributed by atoms with Gasteiger partial charge in [-0.05, 0) is 48.8 Å². The fourth-order valence-corrected chi connectivity index (χ4v) is 1.41. The molecule has 0 bridgehead atoms. The minimum absolute atomic E-state index is 0.0638. The fraction of sp³-hybridized carbons (Fsp3) is 0.364. The van der Waals surface area contributed by atoms with E-state index in [1.165, 1.54) is 12.1 Å². The molecule has 1 amide bonds. The van der Waals surface area contributed by atoms with Gasteiger partial charge in [0.2, 0.25) is 0 Å². The molecule has 0 saturated carbocycles. The van der Waals surface area contributed by atoms with Crippen LogP contribution in [0, 0.1) is 0 Å². The first-order chi connectivity index (χ1) is 8.19. The number of amides is 1. The number of nitrogens with one attached hydrogen (secondary N) is 1. The second kappa shape index (κ2) is 5.34. The van der Waals surface area contributed by atoms with Crippen molar-refractivity contribution < 1.29 is 19.4 Å². The molecule has 1 aromatic rings. The lowest BCUT2D eigenvalue weighted by Crippen LogP contribution is -2.28. The summed E-state index contributed by atoms with van der Waals surface area (Å²) in [4.78, 5) is 26.4. The van der Waals surface area contributed by atoms with Gasteiger partial charge in [0, 0.05) is 0 Å². The van der Waals surface area contributed by atoms with Crippen LogP contribution in [-0.2, 0) is 4.74 Å². The third-order valence-corrected chi connectivity index (χ3v) is 2.15. The molecule has 1 aromatic heterocycles. The first-order valence-electron chi connectivity index (χ1n) is 5.09. The van der Waals surface area contributed by atoms with Crippen LogP contribution in [0.4, 0.5) is 10.6 Å². The van der Waals surface area contributed by atoms with Crippen LogP contribution >= 0.6 is 15.9 Å². The molecule has 0 fully saturated rings. The number of halogens is 1. The number of rotatable bonds is 2. The van der Waals surface area contributed by atoms with E-state index in [-0.39, 0.29) is 11.4 Å². The lowest BCUT2D eigenvalue weighted by Gasteiger charge is -2.19. The summed E-state index contributed by atoms with van der Waals surface area (Å²) in [6.07, 6.45) is -0.754. The molecule has 0 aliphatic heterocycles. The Hall–Kier alpha value is -1.63. The Morgan fingerprint density at radius 1 is 1.39 bits per heavy atom. The zero-order chi connectivity index (χ0) is 13.9. The van der Waals surface area contributed by atoms with E-state index in [0.717, 1.165) is 0 Å². The average Bonchev–Trinajstić information content (AvgIpc) is 2.13. The van der Waals surface area contributed by atoms with Crippen molar-refractivity contribution in [3.05, 3.63) is 22.3 Å². The molecule has 0 saturated heterocycles. The second-order valence-electron chi connectivity index (χ2n) is 4.46. The van der Waals surface area contributed by atoms with Crippen LogP contribution in [0.15, 0.2) is 16.7 Å². The monoisotopic (exact) mass is 316 g/mol. The molecule has 1 rings (SSSR count). The molecule has 6 nitrogen and oxygen atoms in total. The van der Waals surface area contributed by atoms with E-state index in [1.54, 1.807) is 20.8 Å². The number of anilines is 1. The second-order valence-corrected chi connectivity index (χ2v) is 5.27. The largest absolute Gasteiger partial charge is 0.478 e. The Labute approximate surface area is 112 Å². The van der Waals surface area contributed by atoms with E-state index >= 15 is 0 Å². The summed E-state index contributed by atoms with van der Waals surface area (Å²) in [6, 6.07) is 2.82.